The average Bonchev–Trinajstić information content (AvgIpc) is 3.68. The molecule has 0 saturated heterocycles. The van der Waals surface area contributed by atoms with Crippen LogP contribution in [0.5, 0.6) is 0 Å². The Kier molecular flexibility index (Phi) is 10.4. The van der Waals surface area contributed by atoms with E-state index >= 15 is 0 Å². The fourth-order valence-corrected chi connectivity index (χ4v) is 8.84. The predicted octanol–water partition coefficient (Wildman–Crippen LogP) is 6.32. The largest absolute Gasteiger partial charge is 2.00 e. The van der Waals surface area contributed by atoms with E-state index in [1.807, 2.05) is 0 Å². The Labute approximate surface area is 236 Å². The van der Waals surface area contributed by atoms with E-state index in [4.69, 9.17) is 0 Å². The van der Waals surface area contributed by atoms with Gasteiger partial charge in [-0.1, -0.05) is 137 Å². The molecule has 0 aromatic heterocycles. The van der Waals surface area contributed by atoms with Crippen LogP contribution in [0.25, 0.3) is 0 Å². The minimum atomic E-state index is -0.409. The molecule has 0 fully saturated rings. The second-order valence-electron chi connectivity index (χ2n) is 8.30. The van der Waals surface area contributed by atoms with Crippen molar-refractivity contribution in [3.63, 3.8) is 0 Å². The first-order valence-electron chi connectivity index (χ1n) is 12.1. The van der Waals surface area contributed by atoms with Gasteiger partial charge in [0.1, 0.15) is 0 Å². The summed E-state index contributed by atoms with van der Waals surface area (Å²) in [6, 6.07) is 60.5. The molecule has 0 saturated carbocycles. The molecular weight excluding hydrogens is 661 g/mol. The summed E-state index contributed by atoms with van der Waals surface area (Å²) in [5.41, 5.74) is 0. The zero-order chi connectivity index (χ0) is 24.4. The van der Waals surface area contributed by atoms with Crippen molar-refractivity contribution >= 4 is 47.7 Å². The SMILES string of the molecule is [Os+2].c1ccc(P(c2ccccc2)[c-]2cccc2)cc1.c1ccc(P(c2ccccc2)[c-]2cccc2)cc1. The molecule has 0 N–H and O–H groups in total. The van der Waals surface area contributed by atoms with Crippen LogP contribution in [-0.4, -0.2) is 0 Å². The average molecular weight is 689 g/mol. The Bertz CT molecular complexity index is 1210. The van der Waals surface area contributed by atoms with Gasteiger partial charge in [-0.05, 0) is 21.2 Å². The van der Waals surface area contributed by atoms with Crippen LogP contribution in [0.2, 0.25) is 0 Å². The van der Waals surface area contributed by atoms with Gasteiger partial charge < -0.3 is 0 Å². The molecule has 6 aromatic rings. The molecule has 6 rings (SSSR count). The van der Waals surface area contributed by atoms with Crippen molar-refractivity contribution in [1.29, 1.82) is 0 Å². The van der Waals surface area contributed by atoms with Crippen LogP contribution < -0.4 is 31.8 Å². The Morgan fingerprint density at radius 3 is 0.730 bits per heavy atom. The quantitative estimate of drug-likeness (QED) is 0.142. The van der Waals surface area contributed by atoms with Crippen LogP contribution >= 0.6 is 15.8 Å². The third-order valence-electron chi connectivity index (χ3n) is 5.86. The van der Waals surface area contributed by atoms with E-state index in [1.54, 1.807) is 0 Å². The van der Waals surface area contributed by atoms with Crippen molar-refractivity contribution in [2.45, 2.75) is 0 Å². The molecule has 0 aliphatic heterocycles. The Morgan fingerprint density at radius 2 is 0.514 bits per heavy atom. The van der Waals surface area contributed by atoms with E-state index in [0.29, 0.717) is 0 Å². The maximum absolute atomic E-state index is 2.23. The van der Waals surface area contributed by atoms with Crippen molar-refractivity contribution < 1.29 is 19.8 Å². The van der Waals surface area contributed by atoms with Gasteiger partial charge in [0.2, 0.25) is 0 Å². The molecule has 37 heavy (non-hydrogen) atoms. The summed E-state index contributed by atoms with van der Waals surface area (Å²) in [7, 11) is -0.818. The van der Waals surface area contributed by atoms with Gasteiger partial charge in [0, 0.05) is 0 Å². The smallest absolute Gasteiger partial charge is 0.213 e. The summed E-state index contributed by atoms with van der Waals surface area (Å²) in [6.45, 7) is 0. The van der Waals surface area contributed by atoms with Crippen LogP contribution in [-0.2, 0) is 19.8 Å². The molecule has 0 spiro atoms. The molecule has 3 heteroatoms. The van der Waals surface area contributed by atoms with Crippen molar-refractivity contribution in [3.05, 3.63) is 170 Å². The Morgan fingerprint density at radius 1 is 0.297 bits per heavy atom. The van der Waals surface area contributed by atoms with Gasteiger partial charge in [-0.3, -0.25) is 0 Å². The molecule has 0 nitrogen and oxygen atoms in total. The van der Waals surface area contributed by atoms with Crippen LogP contribution in [0.3, 0.4) is 0 Å². The van der Waals surface area contributed by atoms with Crippen molar-refractivity contribution in [2.75, 3.05) is 0 Å². The zero-order valence-electron chi connectivity index (χ0n) is 20.4. The zero-order valence-corrected chi connectivity index (χ0v) is 24.7. The second-order valence-corrected chi connectivity index (χ2v) is 12.7. The molecule has 0 heterocycles. The molecule has 0 atom stereocenters. The molecule has 0 radical (unpaired) electrons. The van der Waals surface area contributed by atoms with Gasteiger partial charge >= 0.3 is 19.8 Å². The third-order valence-corrected chi connectivity index (χ3v) is 10.8. The molecule has 0 unspecified atom stereocenters. The van der Waals surface area contributed by atoms with E-state index in [2.05, 4.69) is 170 Å². The van der Waals surface area contributed by atoms with Crippen molar-refractivity contribution in [2.24, 2.45) is 0 Å². The summed E-state index contributed by atoms with van der Waals surface area (Å²) in [5.74, 6) is 0. The van der Waals surface area contributed by atoms with Crippen LogP contribution in [0.1, 0.15) is 0 Å². The van der Waals surface area contributed by atoms with E-state index in [1.165, 1.54) is 31.8 Å². The normalized spacial score (nSPS) is 10.4. The first-order valence-corrected chi connectivity index (χ1v) is 14.8. The molecule has 6 aromatic carbocycles. The Balaban J connectivity index is 0.000000168. The monoisotopic (exact) mass is 690 g/mol. The van der Waals surface area contributed by atoms with Crippen LogP contribution in [0.4, 0.5) is 0 Å². The summed E-state index contributed by atoms with van der Waals surface area (Å²) < 4.78 is 0. The molecule has 182 valence electrons. The maximum atomic E-state index is 2.23. The van der Waals surface area contributed by atoms with Gasteiger partial charge in [-0.15, -0.1) is 10.6 Å². The topological polar surface area (TPSA) is 0 Å². The van der Waals surface area contributed by atoms with Gasteiger partial charge in [0.15, 0.2) is 0 Å². The molecule has 0 amide bonds. The first-order chi connectivity index (χ1) is 17.9. The van der Waals surface area contributed by atoms with Crippen LogP contribution in [0.15, 0.2) is 170 Å². The molecule has 0 aliphatic carbocycles. The fraction of sp³-hybridized carbons (Fsp3) is 0. The molecular formula is C34H28OsP2. The van der Waals surface area contributed by atoms with E-state index in [-0.39, 0.29) is 19.8 Å². The number of hydrogen-bond donors (Lipinski definition) is 0. The minimum absolute atomic E-state index is 0. The standard InChI is InChI=1S/2C17H14P.Os/c2*1-3-9-15(10-4-1)18(17-13-7-8-14-17)16-11-5-2-6-12-16;/h2*1-14H;/q2*-1;+2. The summed E-state index contributed by atoms with van der Waals surface area (Å²) in [5, 5.41) is 8.47. The predicted molar refractivity (Wildman–Crippen MR) is 161 cm³/mol. The Hall–Kier alpha value is -2.92. The van der Waals surface area contributed by atoms with Crippen molar-refractivity contribution in [3.8, 4) is 0 Å². The van der Waals surface area contributed by atoms with Gasteiger partial charge in [0.25, 0.3) is 0 Å². The molecule has 0 aliphatic rings. The maximum Gasteiger partial charge on any atom is 2.00 e. The van der Waals surface area contributed by atoms with Gasteiger partial charge in [-0.25, -0.2) is 24.3 Å². The van der Waals surface area contributed by atoms with E-state index in [9.17, 15) is 0 Å². The number of hydrogen-bond acceptors (Lipinski definition) is 0. The minimum Gasteiger partial charge on any atom is -0.213 e. The van der Waals surface area contributed by atoms with E-state index in [0.717, 1.165) is 0 Å². The fourth-order valence-electron chi connectivity index (χ4n) is 4.23. The summed E-state index contributed by atoms with van der Waals surface area (Å²) in [6.07, 6.45) is 0. The summed E-state index contributed by atoms with van der Waals surface area (Å²) in [4.78, 5) is 0. The van der Waals surface area contributed by atoms with E-state index < -0.39 is 15.8 Å². The van der Waals surface area contributed by atoms with Crippen molar-refractivity contribution in [1.82, 2.24) is 0 Å². The van der Waals surface area contributed by atoms with Gasteiger partial charge in [-0.2, -0.15) is 24.3 Å². The number of rotatable bonds is 6. The van der Waals surface area contributed by atoms with Gasteiger partial charge in [0.05, 0.1) is 0 Å². The summed E-state index contributed by atoms with van der Waals surface area (Å²) >= 11 is 0. The van der Waals surface area contributed by atoms with Crippen LogP contribution in [0, 0.1) is 0 Å². The molecule has 0 bridgehead atoms. The second kappa shape index (κ2) is 14.1. The number of benzene rings is 4. The first kappa shape index (κ1) is 27.1. The third kappa shape index (κ3) is 7.10.